The van der Waals surface area contributed by atoms with Crippen LogP contribution in [0.1, 0.15) is 0 Å². The summed E-state index contributed by atoms with van der Waals surface area (Å²) >= 11 is 0. The minimum atomic E-state index is -1.11. The lowest BCUT2D eigenvalue weighted by atomic mass is 9.58. The monoisotopic (exact) mass is 304 g/mol. The maximum atomic E-state index is 12.5. The van der Waals surface area contributed by atoms with Crippen LogP contribution in [0.5, 0.6) is 0 Å². The summed E-state index contributed by atoms with van der Waals surface area (Å²) in [5.74, 6) is -2.33. The van der Waals surface area contributed by atoms with Crippen molar-refractivity contribution >= 4 is 0 Å². The molecular weight excluding hydrogens is 284 g/mol. The van der Waals surface area contributed by atoms with Gasteiger partial charge >= 0.3 is 0 Å². The molecule has 120 valence electrons. The van der Waals surface area contributed by atoms with E-state index in [0.717, 1.165) is 0 Å². The van der Waals surface area contributed by atoms with Crippen molar-refractivity contribution in [3.8, 4) is 0 Å². The lowest BCUT2D eigenvalue weighted by Crippen LogP contribution is -2.71. The molecule has 0 bridgehead atoms. The van der Waals surface area contributed by atoms with Gasteiger partial charge in [0.2, 0.25) is 0 Å². The molecule has 0 amide bonds. The summed E-state index contributed by atoms with van der Waals surface area (Å²) in [6.45, 7) is 0. The predicted octanol–water partition coefficient (Wildman–Crippen LogP) is -0.360. The molecule has 0 aromatic heterocycles. The van der Waals surface area contributed by atoms with E-state index >= 15 is 0 Å². The van der Waals surface area contributed by atoms with Gasteiger partial charge in [0.05, 0.1) is 0 Å². The molecule has 1 saturated carbocycles. The highest BCUT2D eigenvalue weighted by Gasteiger charge is 2.46. The highest BCUT2D eigenvalue weighted by molar-refractivity contribution is 5.23. The Hall–Kier alpha value is -1.92. The summed E-state index contributed by atoms with van der Waals surface area (Å²) in [6.07, 6.45) is 7.70. The molecule has 3 rings (SSSR count). The number of hydrogen-bond acceptors (Lipinski definition) is 6. The smallest absolute Gasteiger partial charge is 0.115 e. The van der Waals surface area contributed by atoms with Crippen LogP contribution >= 0.6 is 0 Å². The molecule has 2 atom stereocenters. The molecule has 1 fully saturated rings. The first kappa shape index (κ1) is 15.0. The van der Waals surface area contributed by atoms with Crippen molar-refractivity contribution in [1.29, 1.82) is 0 Å². The second-order valence-corrected chi connectivity index (χ2v) is 6.26. The molecule has 2 unspecified atom stereocenters. The van der Waals surface area contributed by atoms with Crippen LogP contribution in [0.3, 0.4) is 0 Å². The Morgan fingerprint density at radius 1 is 0.818 bits per heavy atom. The van der Waals surface area contributed by atoms with E-state index in [1.807, 2.05) is 0 Å². The van der Waals surface area contributed by atoms with Gasteiger partial charge in [-0.15, -0.1) is 12.2 Å². The van der Waals surface area contributed by atoms with Gasteiger partial charge in [0.25, 0.3) is 0 Å². The van der Waals surface area contributed by atoms with Crippen molar-refractivity contribution in [2.75, 3.05) is 14.1 Å². The van der Waals surface area contributed by atoms with Gasteiger partial charge in [0.1, 0.15) is 11.5 Å². The molecule has 6 nitrogen and oxygen atoms in total. The number of aliphatic hydroxyl groups excluding tert-OH is 2. The summed E-state index contributed by atoms with van der Waals surface area (Å²) in [4.78, 5) is 3.35. The normalized spacial score (nSPS) is 41.1. The molecule has 0 radical (unpaired) electrons. The minimum absolute atomic E-state index is 0.0498. The van der Waals surface area contributed by atoms with E-state index in [1.165, 1.54) is 12.4 Å². The minimum Gasteiger partial charge on any atom is -0.852 e. The van der Waals surface area contributed by atoms with Crippen LogP contribution in [0, 0.1) is 23.7 Å². The molecule has 6 heteroatoms. The molecule has 0 spiro atoms. The van der Waals surface area contributed by atoms with Crippen LogP contribution in [0.25, 0.3) is 0 Å². The third-order valence-electron chi connectivity index (χ3n) is 4.76. The van der Waals surface area contributed by atoms with Crippen molar-refractivity contribution < 1.29 is 20.4 Å². The van der Waals surface area contributed by atoms with Gasteiger partial charge in [-0.1, -0.05) is 24.0 Å². The van der Waals surface area contributed by atoms with Crippen LogP contribution in [0.4, 0.5) is 0 Å². The SMILES string of the molecule is CN1C=CC(C2C([O-])C(C3C=CN(C)C=C3O)C2[O-])C(O)=C1. The number of allylic oxidation sites excluding steroid dienone is 2. The number of aliphatic hydroxyl groups is 2. The zero-order valence-corrected chi connectivity index (χ0v) is 12.5. The van der Waals surface area contributed by atoms with Crippen LogP contribution in [0.15, 0.2) is 48.5 Å². The largest absolute Gasteiger partial charge is 0.852 e. The molecular formula is C16H20N2O4-2. The van der Waals surface area contributed by atoms with Crippen molar-refractivity contribution in [2.24, 2.45) is 23.7 Å². The predicted molar refractivity (Wildman–Crippen MR) is 76.8 cm³/mol. The Bertz CT molecular complexity index is 510. The lowest BCUT2D eigenvalue weighted by Gasteiger charge is -2.65. The first-order chi connectivity index (χ1) is 10.4. The quantitative estimate of drug-likeness (QED) is 0.724. The number of hydrogen-bond donors (Lipinski definition) is 2. The van der Waals surface area contributed by atoms with E-state index in [9.17, 15) is 20.4 Å². The van der Waals surface area contributed by atoms with Gasteiger partial charge < -0.3 is 30.2 Å². The molecule has 0 aromatic rings. The molecule has 0 saturated heterocycles. The first-order valence-corrected chi connectivity index (χ1v) is 7.33. The van der Waals surface area contributed by atoms with E-state index in [2.05, 4.69) is 0 Å². The van der Waals surface area contributed by atoms with Crippen LogP contribution in [-0.4, -0.2) is 46.3 Å². The molecule has 22 heavy (non-hydrogen) atoms. The average Bonchev–Trinajstić information content (AvgIpc) is 2.45. The van der Waals surface area contributed by atoms with Crippen LogP contribution < -0.4 is 10.2 Å². The molecule has 2 N–H and O–H groups in total. The van der Waals surface area contributed by atoms with E-state index in [-0.39, 0.29) is 11.5 Å². The Morgan fingerprint density at radius 2 is 1.18 bits per heavy atom. The lowest BCUT2D eigenvalue weighted by molar-refractivity contribution is -0.568. The van der Waals surface area contributed by atoms with E-state index in [0.29, 0.717) is 0 Å². The summed E-state index contributed by atoms with van der Waals surface area (Å²) in [5, 5.41) is 45.1. The van der Waals surface area contributed by atoms with Crippen molar-refractivity contribution in [3.05, 3.63) is 48.5 Å². The standard InChI is InChI=1S/C16H20N2O4/c1-17-5-3-9(11(19)7-17)13-15(21)14(16(13)22)10-4-6-18(2)8-12(10)20/h3-10,13-16,19-20H,1-2H3/q-2. The second-order valence-electron chi connectivity index (χ2n) is 6.26. The average molecular weight is 304 g/mol. The van der Waals surface area contributed by atoms with Crippen molar-refractivity contribution in [1.82, 2.24) is 9.80 Å². The van der Waals surface area contributed by atoms with Crippen molar-refractivity contribution in [2.45, 2.75) is 12.2 Å². The summed E-state index contributed by atoms with van der Waals surface area (Å²) in [5.41, 5.74) is 0. The fraction of sp³-hybridized carbons (Fsp3) is 0.500. The fourth-order valence-electron chi connectivity index (χ4n) is 3.54. The Morgan fingerprint density at radius 3 is 1.50 bits per heavy atom. The van der Waals surface area contributed by atoms with Gasteiger partial charge in [-0.05, 0) is 12.4 Å². The summed E-state index contributed by atoms with van der Waals surface area (Å²) in [6, 6.07) is 0. The topological polar surface area (TPSA) is 93.1 Å². The maximum absolute atomic E-state index is 12.5. The zero-order chi connectivity index (χ0) is 16.0. The van der Waals surface area contributed by atoms with Gasteiger partial charge in [-0.25, -0.2) is 0 Å². The maximum Gasteiger partial charge on any atom is 0.115 e. The summed E-state index contributed by atoms with van der Waals surface area (Å²) < 4.78 is 0. The molecule has 3 aliphatic rings. The fourth-order valence-corrected chi connectivity index (χ4v) is 3.54. The Balaban J connectivity index is 1.75. The molecule has 0 aromatic carbocycles. The van der Waals surface area contributed by atoms with Crippen LogP contribution in [0.2, 0.25) is 0 Å². The third-order valence-corrected chi connectivity index (χ3v) is 4.76. The number of rotatable bonds is 2. The number of nitrogens with zero attached hydrogens (tertiary/aromatic N) is 2. The van der Waals surface area contributed by atoms with E-state index in [1.54, 1.807) is 48.4 Å². The third kappa shape index (κ3) is 2.28. The Kier molecular flexibility index (Phi) is 3.66. The van der Waals surface area contributed by atoms with Gasteiger partial charge in [-0.3, -0.25) is 0 Å². The summed E-state index contributed by atoms with van der Waals surface area (Å²) in [7, 11) is 3.53. The van der Waals surface area contributed by atoms with E-state index in [4.69, 9.17) is 0 Å². The Labute approximate surface area is 129 Å². The zero-order valence-electron chi connectivity index (χ0n) is 12.5. The van der Waals surface area contributed by atoms with E-state index < -0.39 is 35.9 Å². The van der Waals surface area contributed by atoms with Gasteiger partial charge in [0, 0.05) is 38.3 Å². The molecule has 2 aliphatic heterocycles. The highest BCUT2D eigenvalue weighted by Crippen LogP contribution is 2.46. The molecule has 1 aliphatic carbocycles. The van der Waals surface area contributed by atoms with Crippen LogP contribution in [-0.2, 0) is 0 Å². The highest BCUT2D eigenvalue weighted by atomic mass is 16.3. The van der Waals surface area contributed by atoms with Crippen molar-refractivity contribution in [3.63, 3.8) is 0 Å². The second kappa shape index (κ2) is 5.37. The van der Waals surface area contributed by atoms with Gasteiger partial charge in [0.15, 0.2) is 0 Å². The molecule has 2 heterocycles. The van der Waals surface area contributed by atoms with Gasteiger partial charge in [-0.2, -0.15) is 0 Å². The first-order valence-electron chi connectivity index (χ1n) is 7.33.